The van der Waals surface area contributed by atoms with Crippen molar-refractivity contribution in [2.45, 2.75) is 50.9 Å². The van der Waals surface area contributed by atoms with Crippen molar-refractivity contribution in [2.24, 2.45) is 0 Å². The Kier molecular flexibility index (Phi) is 4.05. The van der Waals surface area contributed by atoms with Gasteiger partial charge in [0.15, 0.2) is 0 Å². The van der Waals surface area contributed by atoms with E-state index < -0.39 is 0 Å². The predicted molar refractivity (Wildman–Crippen MR) is 73.2 cm³/mol. The Morgan fingerprint density at radius 2 is 2.00 bits per heavy atom. The molecule has 1 fully saturated rings. The van der Waals surface area contributed by atoms with Crippen LogP contribution in [-0.2, 0) is 16.6 Å². The maximum Gasteiger partial charge on any atom is 0.130 e. The summed E-state index contributed by atoms with van der Waals surface area (Å²) in [5, 5.41) is 0. The second kappa shape index (κ2) is 5.55. The van der Waals surface area contributed by atoms with Gasteiger partial charge in [0.1, 0.15) is 12.0 Å². The van der Waals surface area contributed by atoms with Crippen LogP contribution < -0.4 is 4.74 Å². The Morgan fingerprint density at radius 3 is 2.56 bits per heavy atom. The molecule has 0 heterocycles. The SMILES string of the molecule is CCc1ccc(OC)c(C2(C=O)CCCCC2)c1. The molecule has 0 radical (unpaired) electrons. The molecule has 0 atom stereocenters. The third-order valence-electron chi connectivity index (χ3n) is 4.18. The van der Waals surface area contributed by atoms with Crippen molar-refractivity contribution in [3.05, 3.63) is 29.3 Å². The second-order valence-corrected chi connectivity index (χ2v) is 5.22. The monoisotopic (exact) mass is 246 g/mol. The van der Waals surface area contributed by atoms with E-state index in [0.717, 1.165) is 49.7 Å². The van der Waals surface area contributed by atoms with E-state index in [4.69, 9.17) is 4.74 Å². The molecule has 0 saturated heterocycles. The van der Waals surface area contributed by atoms with E-state index in [1.165, 1.54) is 12.0 Å². The van der Waals surface area contributed by atoms with Gasteiger partial charge in [-0.05, 0) is 30.9 Å². The first-order valence-electron chi connectivity index (χ1n) is 6.89. The summed E-state index contributed by atoms with van der Waals surface area (Å²) in [6.45, 7) is 2.14. The van der Waals surface area contributed by atoms with Crippen LogP contribution in [0.15, 0.2) is 18.2 Å². The maximum absolute atomic E-state index is 11.7. The lowest BCUT2D eigenvalue weighted by molar-refractivity contribution is -0.113. The molecule has 1 aliphatic rings. The molecule has 98 valence electrons. The van der Waals surface area contributed by atoms with Crippen molar-refractivity contribution >= 4 is 6.29 Å². The van der Waals surface area contributed by atoms with Crippen LogP contribution in [0, 0.1) is 0 Å². The minimum absolute atomic E-state index is 0.311. The molecule has 0 amide bonds. The summed E-state index contributed by atoms with van der Waals surface area (Å²) < 4.78 is 5.47. The number of carbonyl (C=O) groups excluding carboxylic acids is 1. The average molecular weight is 246 g/mol. The Balaban J connectivity index is 2.48. The Labute approximate surface area is 109 Å². The molecule has 1 aliphatic carbocycles. The third kappa shape index (κ3) is 2.29. The van der Waals surface area contributed by atoms with Crippen LogP contribution in [0.25, 0.3) is 0 Å². The first-order valence-corrected chi connectivity index (χ1v) is 6.89. The molecule has 0 spiro atoms. The van der Waals surface area contributed by atoms with Gasteiger partial charge in [0, 0.05) is 5.56 Å². The molecule has 1 saturated carbocycles. The first-order chi connectivity index (χ1) is 8.75. The van der Waals surface area contributed by atoms with E-state index in [1.54, 1.807) is 7.11 Å². The molecule has 2 heteroatoms. The van der Waals surface area contributed by atoms with Crippen LogP contribution >= 0.6 is 0 Å². The summed E-state index contributed by atoms with van der Waals surface area (Å²) in [4.78, 5) is 11.7. The molecule has 2 rings (SSSR count). The van der Waals surface area contributed by atoms with Crippen LogP contribution in [0.2, 0.25) is 0 Å². The molecule has 0 unspecified atom stereocenters. The van der Waals surface area contributed by atoms with Gasteiger partial charge in [0.2, 0.25) is 0 Å². The lowest BCUT2D eigenvalue weighted by Crippen LogP contribution is -2.31. The molecular formula is C16H22O2. The number of methoxy groups -OCH3 is 1. The van der Waals surface area contributed by atoms with E-state index >= 15 is 0 Å². The minimum Gasteiger partial charge on any atom is -0.496 e. The molecule has 0 aliphatic heterocycles. The quantitative estimate of drug-likeness (QED) is 0.758. The van der Waals surface area contributed by atoms with Crippen molar-refractivity contribution in [3.63, 3.8) is 0 Å². The van der Waals surface area contributed by atoms with Gasteiger partial charge in [-0.25, -0.2) is 0 Å². The zero-order valence-electron chi connectivity index (χ0n) is 11.4. The highest BCUT2D eigenvalue weighted by molar-refractivity contribution is 5.71. The summed E-state index contributed by atoms with van der Waals surface area (Å²) in [5.74, 6) is 0.862. The lowest BCUT2D eigenvalue weighted by atomic mass is 9.70. The largest absolute Gasteiger partial charge is 0.496 e. The number of rotatable bonds is 4. The van der Waals surface area contributed by atoms with Crippen molar-refractivity contribution < 1.29 is 9.53 Å². The van der Waals surface area contributed by atoms with Gasteiger partial charge < -0.3 is 9.53 Å². The fourth-order valence-corrected chi connectivity index (χ4v) is 3.00. The van der Waals surface area contributed by atoms with E-state index in [2.05, 4.69) is 19.1 Å². The van der Waals surface area contributed by atoms with E-state index in [9.17, 15) is 4.79 Å². The molecule has 0 N–H and O–H groups in total. The topological polar surface area (TPSA) is 26.3 Å². The highest BCUT2D eigenvalue weighted by atomic mass is 16.5. The van der Waals surface area contributed by atoms with Gasteiger partial charge in [-0.1, -0.05) is 38.3 Å². The van der Waals surface area contributed by atoms with Gasteiger partial charge in [-0.15, -0.1) is 0 Å². The Hall–Kier alpha value is -1.31. The summed E-state index contributed by atoms with van der Waals surface area (Å²) in [7, 11) is 1.69. The Bertz CT molecular complexity index is 417. The molecule has 2 nitrogen and oxygen atoms in total. The van der Waals surface area contributed by atoms with Gasteiger partial charge in [0.25, 0.3) is 0 Å². The highest BCUT2D eigenvalue weighted by Gasteiger charge is 2.36. The summed E-state index contributed by atoms with van der Waals surface area (Å²) >= 11 is 0. The number of carbonyl (C=O) groups is 1. The molecule has 1 aromatic carbocycles. The summed E-state index contributed by atoms with van der Waals surface area (Å²) in [6, 6.07) is 6.26. The molecule has 0 bridgehead atoms. The van der Waals surface area contributed by atoms with Gasteiger partial charge >= 0.3 is 0 Å². The zero-order chi connectivity index (χ0) is 13.0. The van der Waals surface area contributed by atoms with Crippen molar-refractivity contribution in [1.29, 1.82) is 0 Å². The number of hydrogen-bond donors (Lipinski definition) is 0. The molecule has 18 heavy (non-hydrogen) atoms. The Morgan fingerprint density at radius 1 is 1.28 bits per heavy atom. The number of aldehydes is 1. The summed E-state index contributed by atoms with van der Waals surface area (Å²) in [6.07, 6.45) is 7.58. The van der Waals surface area contributed by atoms with E-state index in [0.29, 0.717) is 0 Å². The van der Waals surface area contributed by atoms with Gasteiger partial charge in [-0.2, -0.15) is 0 Å². The molecule has 0 aromatic heterocycles. The normalized spacial score (nSPS) is 18.3. The van der Waals surface area contributed by atoms with Crippen molar-refractivity contribution in [2.75, 3.05) is 7.11 Å². The van der Waals surface area contributed by atoms with Gasteiger partial charge in [0.05, 0.1) is 12.5 Å². The number of hydrogen-bond acceptors (Lipinski definition) is 2. The van der Waals surface area contributed by atoms with Crippen LogP contribution in [0.3, 0.4) is 0 Å². The highest BCUT2D eigenvalue weighted by Crippen LogP contribution is 2.42. The number of aryl methyl sites for hydroxylation is 1. The third-order valence-corrected chi connectivity index (χ3v) is 4.18. The van der Waals surface area contributed by atoms with Crippen molar-refractivity contribution in [1.82, 2.24) is 0 Å². The van der Waals surface area contributed by atoms with Crippen molar-refractivity contribution in [3.8, 4) is 5.75 Å². The fourth-order valence-electron chi connectivity index (χ4n) is 3.00. The minimum atomic E-state index is -0.311. The number of ether oxygens (including phenoxy) is 1. The summed E-state index contributed by atoms with van der Waals surface area (Å²) in [5.41, 5.74) is 2.06. The molecular weight excluding hydrogens is 224 g/mol. The second-order valence-electron chi connectivity index (χ2n) is 5.22. The standard InChI is InChI=1S/C16H22O2/c1-3-13-7-8-15(18-2)14(11-13)16(12-17)9-5-4-6-10-16/h7-8,11-12H,3-6,9-10H2,1-2H3. The zero-order valence-corrected chi connectivity index (χ0v) is 11.4. The predicted octanol–water partition coefficient (Wildman–Crippen LogP) is 3.66. The molecule has 1 aromatic rings. The van der Waals surface area contributed by atoms with E-state index in [-0.39, 0.29) is 5.41 Å². The number of benzene rings is 1. The van der Waals surface area contributed by atoms with Crippen LogP contribution in [-0.4, -0.2) is 13.4 Å². The first kappa shape index (κ1) is 13.1. The van der Waals surface area contributed by atoms with Crippen LogP contribution in [0.4, 0.5) is 0 Å². The lowest BCUT2D eigenvalue weighted by Gasteiger charge is -2.33. The van der Waals surface area contributed by atoms with Gasteiger partial charge in [-0.3, -0.25) is 0 Å². The fraction of sp³-hybridized carbons (Fsp3) is 0.562. The van der Waals surface area contributed by atoms with Crippen LogP contribution in [0.5, 0.6) is 5.75 Å². The van der Waals surface area contributed by atoms with E-state index in [1.807, 2.05) is 6.07 Å². The average Bonchev–Trinajstić information content (AvgIpc) is 2.47. The smallest absolute Gasteiger partial charge is 0.130 e. The maximum atomic E-state index is 11.7. The van der Waals surface area contributed by atoms with Crippen LogP contribution in [0.1, 0.15) is 50.2 Å².